The largest absolute Gasteiger partial charge is 0.488 e. The Bertz CT molecular complexity index is 756. The summed E-state index contributed by atoms with van der Waals surface area (Å²) in [6.45, 7) is 2.70. The van der Waals surface area contributed by atoms with Crippen LogP contribution in [0, 0.1) is 0 Å². The van der Waals surface area contributed by atoms with E-state index in [2.05, 4.69) is 35.6 Å². The predicted octanol–water partition coefficient (Wildman–Crippen LogP) is 3.26. The summed E-state index contributed by atoms with van der Waals surface area (Å²) >= 11 is 0. The maximum absolute atomic E-state index is 9.53. The molecular formula is C20H21NO2. The van der Waals surface area contributed by atoms with E-state index in [1.165, 1.54) is 22.3 Å². The summed E-state index contributed by atoms with van der Waals surface area (Å²) in [5, 5.41) is 13.0. The third-order valence-electron chi connectivity index (χ3n) is 4.73. The number of piperidine rings is 1. The van der Waals surface area contributed by atoms with Crippen molar-refractivity contribution in [1.82, 2.24) is 5.32 Å². The first kappa shape index (κ1) is 14.5. The highest BCUT2D eigenvalue weighted by Crippen LogP contribution is 2.40. The van der Waals surface area contributed by atoms with Gasteiger partial charge in [-0.15, -0.1) is 0 Å². The van der Waals surface area contributed by atoms with Gasteiger partial charge in [-0.2, -0.15) is 0 Å². The average Bonchev–Trinajstić information content (AvgIpc) is 2.78. The van der Waals surface area contributed by atoms with Crippen molar-refractivity contribution in [2.75, 3.05) is 13.1 Å². The summed E-state index contributed by atoms with van der Waals surface area (Å²) in [4.78, 5) is 0. The second-order valence-electron chi connectivity index (χ2n) is 6.16. The van der Waals surface area contributed by atoms with Crippen LogP contribution in [0.5, 0.6) is 5.75 Å². The second-order valence-corrected chi connectivity index (χ2v) is 6.16. The molecule has 0 spiro atoms. The van der Waals surface area contributed by atoms with E-state index >= 15 is 0 Å². The van der Waals surface area contributed by atoms with Crippen molar-refractivity contribution < 1.29 is 9.84 Å². The fourth-order valence-electron chi connectivity index (χ4n) is 3.55. The first-order valence-electron chi connectivity index (χ1n) is 8.25. The topological polar surface area (TPSA) is 41.5 Å². The van der Waals surface area contributed by atoms with Gasteiger partial charge in [0.15, 0.2) is 0 Å². The Morgan fingerprint density at radius 1 is 1.00 bits per heavy atom. The van der Waals surface area contributed by atoms with Gasteiger partial charge in [-0.05, 0) is 60.3 Å². The maximum Gasteiger partial charge on any atom is 0.127 e. The number of fused-ring (bicyclic) bond motifs is 2. The van der Waals surface area contributed by atoms with Crippen molar-refractivity contribution in [3.05, 3.63) is 70.3 Å². The van der Waals surface area contributed by atoms with Crippen molar-refractivity contribution in [3.8, 4) is 5.75 Å². The van der Waals surface area contributed by atoms with Crippen molar-refractivity contribution in [2.24, 2.45) is 0 Å². The third kappa shape index (κ3) is 2.67. The molecule has 0 aliphatic carbocycles. The van der Waals surface area contributed by atoms with Gasteiger partial charge in [0.2, 0.25) is 0 Å². The molecule has 2 heterocycles. The highest BCUT2D eigenvalue weighted by molar-refractivity contribution is 5.87. The van der Waals surface area contributed by atoms with Gasteiger partial charge >= 0.3 is 0 Å². The lowest BCUT2D eigenvalue weighted by Gasteiger charge is -2.22. The summed E-state index contributed by atoms with van der Waals surface area (Å²) in [7, 11) is 0. The standard InChI is InChI=1S/C20H21NO2/c22-12-14-5-6-19-18(11-14)20(15-7-9-21-10-8-15)17-4-2-1-3-16(17)13-23-19/h1-6,11,21-22H,7-10,12-13H2. The molecule has 2 aromatic carbocycles. The first-order valence-corrected chi connectivity index (χ1v) is 8.25. The highest BCUT2D eigenvalue weighted by atomic mass is 16.5. The Kier molecular flexibility index (Phi) is 3.90. The molecule has 23 heavy (non-hydrogen) atoms. The predicted molar refractivity (Wildman–Crippen MR) is 91.3 cm³/mol. The van der Waals surface area contributed by atoms with E-state index in [0.717, 1.165) is 42.8 Å². The number of benzene rings is 2. The van der Waals surface area contributed by atoms with Crippen LogP contribution >= 0.6 is 0 Å². The number of aliphatic hydroxyl groups is 1. The van der Waals surface area contributed by atoms with E-state index in [0.29, 0.717) is 6.61 Å². The zero-order chi connectivity index (χ0) is 15.6. The van der Waals surface area contributed by atoms with Crippen molar-refractivity contribution >= 4 is 5.57 Å². The average molecular weight is 307 g/mol. The van der Waals surface area contributed by atoms with Gasteiger partial charge in [-0.3, -0.25) is 0 Å². The second kappa shape index (κ2) is 6.19. The summed E-state index contributed by atoms with van der Waals surface area (Å²) in [5.41, 5.74) is 7.36. The third-order valence-corrected chi connectivity index (χ3v) is 4.73. The lowest BCUT2D eigenvalue weighted by Crippen LogP contribution is -2.24. The van der Waals surface area contributed by atoms with E-state index in [4.69, 9.17) is 4.74 Å². The Morgan fingerprint density at radius 2 is 1.83 bits per heavy atom. The van der Waals surface area contributed by atoms with Gasteiger partial charge in [0.25, 0.3) is 0 Å². The number of rotatable bonds is 1. The van der Waals surface area contributed by atoms with Crippen LogP contribution in [0.1, 0.15) is 35.1 Å². The summed E-state index contributed by atoms with van der Waals surface area (Å²) < 4.78 is 6.06. The van der Waals surface area contributed by atoms with Crippen LogP contribution in [0.25, 0.3) is 5.57 Å². The number of ether oxygens (including phenoxy) is 1. The zero-order valence-electron chi connectivity index (χ0n) is 13.1. The minimum atomic E-state index is 0.0547. The molecule has 0 amide bonds. The highest BCUT2D eigenvalue weighted by Gasteiger charge is 2.23. The van der Waals surface area contributed by atoms with Gasteiger partial charge < -0.3 is 15.2 Å². The Balaban J connectivity index is 1.97. The van der Waals surface area contributed by atoms with E-state index in [1.54, 1.807) is 0 Å². The molecule has 0 saturated carbocycles. The van der Waals surface area contributed by atoms with Crippen LogP contribution in [0.2, 0.25) is 0 Å². The van der Waals surface area contributed by atoms with Crippen molar-refractivity contribution in [3.63, 3.8) is 0 Å². The molecule has 2 N–H and O–H groups in total. The van der Waals surface area contributed by atoms with E-state index < -0.39 is 0 Å². The van der Waals surface area contributed by atoms with Crippen LogP contribution < -0.4 is 10.1 Å². The van der Waals surface area contributed by atoms with Crippen LogP contribution in [0.4, 0.5) is 0 Å². The molecular weight excluding hydrogens is 286 g/mol. The quantitative estimate of drug-likeness (QED) is 0.850. The lowest BCUT2D eigenvalue weighted by molar-refractivity contribution is 0.281. The Morgan fingerprint density at radius 3 is 2.65 bits per heavy atom. The number of hydrogen-bond acceptors (Lipinski definition) is 3. The molecule has 0 unspecified atom stereocenters. The van der Waals surface area contributed by atoms with E-state index in [1.807, 2.05) is 12.1 Å². The fraction of sp³-hybridized carbons (Fsp3) is 0.300. The van der Waals surface area contributed by atoms with Gasteiger partial charge in [0.1, 0.15) is 12.4 Å². The smallest absolute Gasteiger partial charge is 0.127 e. The molecule has 0 aromatic heterocycles. The summed E-state index contributed by atoms with van der Waals surface area (Å²) in [5.74, 6) is 0.916. The molecule has 118 valence electrons. The summed E-state index contributed by atoms with van der Waals surface area (Å²) in [6.07, 6.45) is 2.12. The Hall–Kier alpha value is -2.10. The van der Waals surface area contributed by atoms with E-state index in [-0.39, 0.29) is 6.61 Å². The zero-order valence-corrected chi connectivity index (χ0v) is 13.1. The van der Waals surface area contributed by atoms with Crippen LogP contribution in [-0.4, -0.2) is 18.2 Å². The lowest BCUT2D eigenvalue weighted by atomic mass is 9.86. The SMILES string of the molecule is OCc1ccc2c(c1)C(=C1CCNCC1)c1ccccc1CO2. The summed E-state index contributed by atoms with van der Waals surface area (Å²) in [6, 6.07) is 14.5. The fourth-order valence-corrected chi connectivity index (χ4v) is 3.55. The van der Waals surface area contributed by atoms with Crippen LogP contribution in [0.15, 0.2) is 48.0 Å². The maximum atomic E-state index is 9.53. The van der Waals surface area contributed by atoms with Crippen molar-refractivity contribution in [2.45, 2.75) is 26.1 Å². The number of aliphatic hydroxyl groups excluding tert-OH is 1. The van der Waals surface area contributed by atoms with E-state index in [9.17, 15) is 5.11 Å². The molecule has 2 aromatic rings. The monoisotopic (exact) mass is 307 g/mol. The molecule has 1 saturated heterocycles. The van der Waals surface area contributed by atoms with Gasteiger partial charge in [0, 0.05) is 5.56 Å². The van der Waals surface area contributed by atoms with Crippen LogP contribution in [0.3, 0.4) is 0 Å². The minimum absolute atomic E-state index is 0.0547. The van der Waals surface area contributed by atoms with Crippen LogP contribution in [-0.2, 0) is 13.2 Å². The molecule has 2 aliphatic rings. The first-order chi connectivity index (χ1) is 11.4. The number of nitrogens with one attached hydrogen (secondary N) is 1. The molecule has 3 nitrogen and oxygen atoms in total. The Labute approximate surface area is 136 Å². The minimum Gasteiger partial charge on any atom is -0.488 e. The molecule has 2 aliphatic heterocycles. The normalized spacial score (nSPS) is 17.1. The van der Waals surface area contributed by atoms with Crippen molar-refractivity contribution in [1.29, 1.82) is 0 Å². The molecule has 0 bridgehead atoms. The molecule has 1 fully saturated rings. The molecule has 0 radical (unpaired) electrons. The molecule has 3 heteroatoms. The molecule has 4 rings (SSSR count). The number of hydrogen-bond donors (Lipinski definition) is 2. The van der Waals surface area contributed by atoms with Gasteiger partial charge in [-0.25, -0.2) is 0 Å². The van der Waals surface area contributed by atoms with Gasteiger partial charge in [0.05, 0.1) is 6.61 Å². The molecule has 0 atom stereocenters. The van der Waals surface area contributed by atoms with Gasteiger partial charge in [-0.1, -0.05) is 35.9 Å².